The fourth-order valence-corrected chi connectivity index (χ4v) is 5.36. The molecule has 0 aromatic heterocycles. The molecule has 0 bridgehead atoms. The minimum atomic E-state index is 0.363. The Kier molecular flexibility index (Phi) is 5.67. The molecule has 4 nitrogen and oxygen atoms in total. The van der Waals surface area contributed by atoms with E-state index < -0.39 is 0 Å². The monoisotopic (exact) mass is 326 g/mol. The molecule has 0 radical (unpaired) electrons. The molecule has 0 saturated carbocycles. The molecule has 4 heteroatoms. The lowest BCUT2D eigenvalue weighted by Crippen LogP contribution is -2.61. The van der Waals surface area contributed by atoms with Crippen molar-refractivity contribution >= 4 is 0 Å². The number of morpholine rings is 1. The van der Waals surface area contributed by atoms with Crippen LogP contribution in [0.15, 0.2) is 0 Å². The number of fused-ring (bicyclic) bond motifs is 1. The Balaban J connectivity index is 1.49. The zero-order valence-electron chi connectivity index (χ0n) is 15.6. The number of piperidine rings is 2. The molecule has 0 unspecified atom stereocenters. The first-order valence-electron chi connectivity index (χ1n) is 9.88. The van der Waals surface area contributed by atoms with E-state index in [2.05, 4.69) is 21.0 Å². The number of hydrogen-bond acceptors (Lipinski definition) is 2. The summed E-state index contributed by atoms with van der Waals surface area (Å²) in [6.07, 6.45) is 7.41. The van der Waals surface area contributed by atoms with Crippen molar-refractivity contribution in [2.45, 2.75) is 51.2 Å². The third-order valence-electron chi connectivity index (χ3n) is 6.85. The maximum Gasteiger partial charge on any atom is 0.105 e. The Hall–Kier alpha value is -0.160. The van der Waals surface area contributed by atoms with Crippen LogP contribution in [0.2, 0.25) is 0 Å². The number of ether oxygens (including phenoxy) is 2. The van der Waals surface area contributed by atoms with Gasteiger partial charge in [0, 0.05) is 12.3 Å². The first-order chi connectivity index (χ1) is 11.0. The highest BCUT2D eigenvalue weighted by Crippen LogP contribution is 2.36. The topological polar surface area (TPSA) is 18.5 Å². The molecule has 0 spiro atoms. The minimum Gasteiger partial charge on any atom is -0.372 e. The molecule has 0 N–H and O–H groups in total. The lowest BCUT2D eigenvalue weighted by atomic mass is 9.82. The highest BCUT2D eigenvalue weighted by molar-refractivity contribution is 4.79. The van der Waals surface area contributed by atoms with Gasteiger partial charge in [-0.15, -0.1) is 0 Å². The standard InChI is InChI=1S/C19H38N2O2/c1-17(15-20(2)11-13-22-14-12-20)23-16-18-7-6-10-21(3)9-5-4-8-19(18)21/h17-19H,4-16H2,1-3H3/q+2/t17-,18+,19-,21-/m1/s1. The summed E-state index contributed by atoms with van der Waals surface area (Å²) in [5, 5.41) is 0. The van der Waals surface area contributed by atoms with Crippen LogP contribution < -0.4 is 0 Å². The molecular formula is C19H38N2O2+2. The Morgan fingerprint density at radius 1 is 1.00 bits per heavy atom. The molecule has 3 saturated heterocycles. The number of rotatable bonds is 5. The van der Waals surface area contributed by atoms with Gasteiger partial charge >= 0.3 is 0 Å². The quantitative estimate of drug-likeness (QED) is 0.722. The summed E-state index contributed by atoms with van der Waals surface area (Å²) in [7, 11) is 4.86. The van der Waals surface area contributed by atoms with E-state index in [1.54, 1.807) is 0 Å². The van der Waals surface area contributed by atoms with Gasteiger partial charge in [-0.25, -0.2) is 0 Å². The first-order valence-corrected chi connectivity index (χ1v) is 9.88. The van der Waals surface area contributed by atoms with Gasteiger partial charge in [0.15, 0.2) is 0 Å². The largest absolute Gasteiger partial charge is 0.372 e. The molecule has 3 rings (SSSR count). The summed E-state index contributed by atoms with van der Waals surface area (Å²) in [6.45, 7) is 11.3. The van der Waals surface area contributed by atoms with Crippen LogP contribution in [-0.4, -0.2) is 87.8 Å². The van der Waals surface area contributed by atoms with E-state index in [1.165, 1.54) is 49.7 Å². The summed E-state index contributed by atoms with van der Waals surface area (Å²) in [5.74, 6) is 0.784. The van der Waals surface area contributed by atoms with Crippen molar-refractivity contribution in [3.63, 3.8) is 0 Å². The molecule has 23 heavy (non-hydrogen) atoms. The number of nitrogens with zero attached hydrogens (tertiary/aromatic N) is 2. The van der Waals surface area contributed by atoms with Crippen molar-refractivity contribution < 1.29 is 18.4 Å². The Bertz CT molecular complexity index is 380. The average molecular weight is 327 g/mol. The third kappa shape index (κ3) is 4.28. The van der Waals surface area contributed by atoms with Crippen molar-refractivity contribution in [3.05, 3.63) is 0 Å². The smallest absolute Gasteiger partial charge is 0.105 e. The van der Waals surface area contributed by atoms with Crippen LogP contribution in [0.5, 0.6) is 0 Å². The summed E-state index contributed by atoms with van der Waals surface area (Å²) in [6, 6.07) is 0.859. The van der Waals surface area contributed by atoms with Gasteiger partial charge in [0.2, 0.25) is 0 Å². The van der Waals surface area contributed by atoms with Gasteiger partial charge in [0.1, 0.15) is 25.7 Å². The van der Waals surface area contributed by atoms with Gasteiger partial charge in [-0.1, -0.05) is 0 Å². The van der Waals surface area contributed by atoms with Crippen molar-refractivity contribution in [1.82, 2.24) is 0 Å². The molecule has 4 atom stereocenters. The van der Waals surface area contributed by atoms with E-state index in [1.807, 2.05) is 0 Å². The van der Waals surface area contributed by atoms with Crippen LogP contribution in [0.3, 0.4) is 0 Å². The Morgan fingerprint density at radius 2 is 1.74 bits per heavy atom. The molecule has 0 aromatic rings. The molecule has 3 aliphatic rings. The van der Waals surface area contributed by atoms with Gasteiger partial charge in [-0.05, 0) is 32.6 Å². The molecular weight excluding hydrogens is 288 g/mol. The zero-order valence-corrected chi connectivity index (χ0v) is 15.6. The fraction of sp³-hybridized carbons (Fsp3) is 1.00. The van der Waals surface area contributed by atoms with Crippen molar-refractivity contribution in [2.75, 3.05) is 66.6 Å². The van der Waals surface area contributed by atoms with E-state index in [4.69, 9.17) is 9.47 Å². The summed E-state index contributed by atoms with van der Waals surface area (Å²) in [5.41, 5.74) is 0. The van der Waals surface area contributed by atoms with Crippen molar-refractivity contribution in [1.29, 1.82) is 0 Å². The van der Waals surface area contributed by atoms with E-state index >= 15 is 0 Å². The maximum absolute atomic E-state index is 6.38. The van der Waals surface area contributed by atoms with Crippen LogP contribution in [0, 0.1) is 5.92 Å². The fourth-order valence-electron chi connectivity index (χ4n) is 5.36. The number of likely N-dealkylation sites (N-methyl/N-ethyl adjacent to an activating group) is 1. The van der Waals surface area contributed by atoms with Crippen molar-refractivity contribution in [3.8, 4) is 0 Å². The molecule has 3 heterocycles. The molecule has 3 aliphatic heterocycles. The van der Waals surface area contributed by atoms with E-state index in [9.17, 15) is 0 Å². The summed E-state index contributed by atoms with van der Waals surface area (Å²) < 4.78 is 14.3. The summed E-state index contributed by atoms with van der Waals surface area (Å²) >= 11 is 0. The highest BCUT2D eigenvalue weighted by Gasteiger charge is 2.43. The van der Waals surface area contributed by atoms with Gasteiger partial charge in [-0.3, -0.25) is 0 Å². The van der Waals surface area contributed by atoms with Crippen LogP contribution in [-0.2, 0) is 9.47 Å². The van der Waals surface area contributed by atoms with Crippen LogP contribution in [0.25, 0.3) is 0 Å². The van der Waals surface area contributed by atoms with E-state index in [0.29, 0.717) is 6.10 Å². The van der Waals surface area contributed by atoms with Gasteiger partial charge in [0.05, 0.1) is 53.0 Å². The predicted molar refractivity (Wildman–Crippen MR) is 93.3 cm³/mol. The van der Waals surface area contributed by atoms with E-state index in [-0.39, 0.29) is 0 Å². The number of hydrogen-bond donors (Lipinski definition) is 0. The second-order valence-corrected chi connectivity index (χ2v) is 8.90. The average Bonchev–Trinajstić information content (AvgIpc) is 2.52. The summed E-state index contributed by atoms with van der Waals surface area (Å²) in [4.78, 5) is 0. The normalized spacial score (nSPS) is 38.7. The Morgan fingerprint density at radius 3 is 2.52 bits per heavy atom. The maximum atomic E-state index is 6.38. The van der Waals surface area contributed by atoms with E-state index in [0.717, 1.165) is 55.9 Å². The zero-order chi connectivity index (χ0) is 16.3. The second-order valence-electron chi connectivity index (χ2n) is 8.90. The van der Waals surface area contributed by atoms with Crippen LogP contribution in [0.4, 0.5) is 0 Å². The molecule has 0 aromatic carbocycles. The minimum absolute atomic E-state index is 0.363. The van der Waals surface area contributed by atoms with Gasteiger partial charge in [-0.2, -0.15) is 0 Å². The Labute approximate surface area is 142 Å². The molecule has 0 aliphatic carbocycles. The molecule has 0 amide bonds. The highest BCUT2D eigenvalue weighted by atomic mass is 16.5. The lowest BCUT2D eigenvalue weighted by Gasteiger charge is -2.51. The molecule has 134 valence electrons. The third-order valence-corrected chi connectivity index (χ3v) is 6.85. The second kappa shape index (κ2) is 7.38. The van der Waals surface area contributed by atoms with Gasteiger partial charge in [0.25, 0.3) is 0 Å². The van der Waals surface area contributed by atoms with Crippen LogP contribution in [0.1, 0.15) is 39.0 Å². The van der Waals surface area contributed by atoms with Crippen LogP contribution >= 0.6 is 0 Å². The predicted octanol–water partition coefficient (Wildman–Crippen LogP) is 2.28. The number of quaternary nitrogens is 2. The lowest BCUT2D eigenvalue weighted by molar-refractivity contribution is -0.947. The molecule has 3 fully saturated rings. The van der Waals surface area contributed by atoms with Crippen molar-refractivity contribution in [2.24, 2.45) is 5.92 Å². The first kappa shape index (κ1) is 17.7. The van der Waals surface area contributed by atoms with Gasteiger partial charge < -0.3 is 18.4 Å². The SMILES string of the molecule is C[C@H](C[N+]1(C)CCOCC1)OC[C@@H]1CCC[N@@+]2(C)CCCC[C@H]12.